The number of amides is 2. The predicted octanol–water partition coefficient (Wildman–Crippen LogP) is 1.00. The van der Waals surface area contributed by atoms with E-state index in [2.05, 4.69) is 5.32 Å². The highest BCUT2D eigenvalue weighted by Crippen LogP contribution is 2.09. The molecule has 2 N–H and O–H groups in total. The molecule has 0 fully saturated rings. The van der Waals surface area contributed by atoms with Gasteiger partial charge in [-0.05, 0) is 31.2 Å². The van der Waals surface area contributed by atoms with Crippen LogP contribution in [0, 0.1) is 0 Å². The summed E-state index contributed by atoms with van der Waals surface area (Å²) in [4.78, 5) is 35.3. The van der Waals surface area contributed by atoms with Crippen molar-refractivity contribution in [3.05, 3.63) is 34.9 Å². The number of carboxylic acid groups (broad SMARTS) is 1. The summed E-state index contributed by atoms with van der Waals surface area (Å²) in [5, 5.41) is 11.6. The molecule has 1 atom stereocenters. The van der Waals surface area contributed by atoms with Gasteiger partial charge in [-0.1, -0.05) is 11.6 Å². The van der Waals surface area contributed by atoms with E-state index in [4.69, 9.17) is 16.7 Å². The van der Waals surface area contributed by atoms with Gasteiger partial charge in [0.1, 0.15) is 12.6 Å². The lowest BCUT2D eigenvalue weighted by Gasteiger charge is -2.20. The molecule has 6 nitrogen and oxygen atoms in total. The average Bonchev–Trinajstić information content (AvgIpc) is 2.37. The minimum atomic E-state index is -1.11. The molecule has 1 aromatic rings. The summed E-state index contributed by atoms with van der Waals surface area (Å²) in [7, 11) is 1.36. The van der Waals surface area contributed by atoms with Crippen molar-refractivity contribution in [3.63, 3.8) is 0 Å². The number of hydrogen-bond acceptors (Lipinski definition) is 3. The van der Waals surface area contributed by atoms with Gasteiger partial charge >= 0.3 is 5.97 Å². The number of nitrogens with one attached hydrogen (secondary N) is 1. The lowest BCUT2D eigenvalue weighted by Crippen LogP contribution is -2.46. The van der Waals surface area contributed by atoms with Crippen LogP contribution < -0.4 is 5.32 Å². The molecule has 0 spiro atoms. The van der Waals surface area contributed by atoms with Crippen LogP contribution in [0.15, 0.2) is 24.3 Å². The standard InChI is InChI=1S/C13H15ClN2O4/c1-8(13(20)16(2)7-11(17)18)15-12(19)9-3-5-10(14)6-4-9/h3-6,8H,7H2,1-2H3,(H,15,19)(H,17,18). The number of likely N-dealkylation sites (N-methyl/N-ethyl adjacent to an activating group) is 1. The van der Waals surface area contributed by atoms with Crippen LogP contribution in [-0.4, -0.2) is 47.4 Å². The Balaban J connectivity index is 2.63. The first kappa shape index (κ1) is 16.0. The van der Waals surface area contributed by atoms with Crippen molar-refractivity contribution in [1.29, 1.82) is 0 Å². The van der Waals surface area contributed by atoms with Crippen molar-refractivity contribution < 1.29 is 19.5 Å². The van der Waals surface area contributed by atoms with Gasteiger partial charge in [-0.15, -0.1) is 0 Å². The number of benzene rings is 1. The summed E-state index contributed by atoms with van der Waals surface area (Å²) in [6.45, 7) is 1.08. The molecule has 0 aliphatic heterocycles. The van der Waals surface area contributed by atoms with Gasteiger partial charge in [0.15, 0.2) is 0 Å². The normalized spacial score (nSPS) is 11.6. The molecule has 0 heterocycles. The Hall–Kier alpha value is -2.08. The first-order chi connectivity index (χ1) is 9.31. The van der Waals surface area contributed by atoms with E-state index >= 15 is 0 Å². The van der Waals surface area contributed by atoms with Crippen molar-refractivity contribution in [3.8, 4) is 0 Å². The fourth-order valence-corrected chi connectivity index (χ4v) is 1.68. The van der Waals surface area contributed by atoms with E-state index in [0.29, 0.717) is 10.6 Å². The van der Waals surface area contributed by atoms with Gasteiger partial charge in [-0.25, -0.2) is 0 Å². The molecule has 1 rings (SSSR count). The van der Waals surface area contributed by atoms with Gasteiger partial charge < -0.3 is 15.3 Å². The first-order valence-electron chi connectivity index (χ1n) is 5.84. The zero-order chi connectivity index (χ0) is 15.3. The van der Waals surface area contributed by atoms with E-state index < -0.39 is 30.4 Å². The number of carbonyl (C=O) groups excluding carboxylic acids is 2. The minimum Gasteiger partial charge on any atom is -0.480 e. The highest BCUT2D eigenvalue weighted by Gasteiger charge is 2.21. The molecule has 7 heteroatoms. The number of halogens is 1. The lowest BCUT2D eigenvalue weighted by molar-refractivity contribution is -0.144. The number of carbonyl (C=O) groups is 3. The third-order valence-electron chi connectivity index (χ3n) is 2.57. The quantitative estimate of drug-likeness (QED) is 0.849. The van der Waals surface area contributed by atoms with E-state index in [0.717, 1.165) is 4.90 Å². The molecular formula is C13H15ClN2O4. The second kappa shape index (κ2) is 6.91. The Morgan fingerprint density at radius 1 is 1.30 bits per heavy atom. The van der Waals surface area contributed by atoms with E-state index in [-0.39, 0.29) is 0 Å². The molecule has 1 unspecified atom stereocenters. The molecule has 0 aliphatic rings. The number of hydrogen-bond donors (Lipinski definition) is 2. The van der Waals surface area contributed by atoms with E-state index in [1.54, 1.807) is 12.1 Å². The molecule has 20 heavy (non-hydrogen) atoms. The van der Waals surface area contributed by atoms with Crippen LogP contribution in [0.25, 0.3) is 0 Å². The lowest BCUT2D eigenvalue weighted by atomic mass is 10.2. The number of nitrogens with zero attached hydrogens (tertiary/aromatic N) is 1. The Bertz CT molecular complexity index is 516. The summed E-state index contributed by atoms with van der Waals surface area (Å²) in [5.41, 5.74) is 0.370. The maximum Gasteiger partial charge on any atom is 0.323 e. The van der Waals surface area contributed by atoms with Gasteiger partial charge in [-0.2, -0.15) is 0 Å². The van der Waals surface area contributed by atoms with E-state index in [1.807, 2.05) is 0 Å². The molecular weight excluding hydrogens is 284 g/mol. The second-order valence-electron chi connectivity index (χ2n) is 4.29. The maximum absolute atomic E-state index is 11.9. The smallest absolute Gasteiger partial charge is 0.323 e. The zero-order valence-corrected chi connectivity index (χ0v) is 11.8. The second-order valence-corrected chi connectivity index (χ2v) is 4.73. The van der Waals surface area contributed by atoms with Crippen LogP contribution in [0.4, 0.5) is 0 Å². The Morgan fingerprint density at radius 2 is 1.85 bits per heavy atom. The molecule has 0 aromatic heterocycles. The maximum atomic E-state index is 11.9. The fourth-order valence-electron chi connectivity index (χ4n) is 1.55. The molecule has 2 amide bonds. The topological polar surface area (TPSA) is 86.7 Å². The number of aliphatic carboxylic acids is 1. The van der Waals surface area contributed by atoms with Gasteiger partial charge in [0.25, 0.3) is 5.91 Å². The zero-order valence-electron chi connectivity index (χ0n) is 11.1. The van der Waals surface area contributed by atoms with Crippen molar-refractivity contribution in [1.82, 2.24) is 10.2 Å². The van der Waals surface area contributed by atoms with Crippen molar-refractivity contribution in [2.24, 2.45) is 0 Å². The van der Waals surface area contributed by atoms with Gasteiger partial charge in [0.05, 0.1) is 0 Å². The molecule has 0 radical (unpaired) electrons. The van der Waals surface area contributed by atoms with Gasteiger partial charge in [0, 0.05) is 17.6 Å². The van der Waals surface area contributed by atoms with Crippen LogP contribution >= 0.6 is 11.6 Å². The highest BCUT2D eigenvalue weighted by molar-refractivity contribution is 6.30. The molecule has 0 aliphatic carbocycles. The summed E-state index contributed by atoms with van der Waals surface area (Å²) >= 11 is 5.71. The molecule has 0 saturated carbocycles. The number of rotatable bonds is 5. The molecule has 108 valence electrons. The summed E-state index contributed by atoms with van der Waals surface area (Å²) < 4.78 is 0. The van der Waals surface area contributed by atoms with Crippen LogP contribution in [0.3, 0.4) is 0 Å². The van der Waals surface area contributed by atoms with Gasteiger partial charge in [-0.3, -0.25) is 14.4 Å². The monoisotopic (exact) mass is 298 g/mol. The summed E-state index contributed by atoms with van der Waals surface area (Å²) in [6, 6.07) is 5.40. The highest BCUT2D eigenvalue weighted by atomic mass is 35.5. The van der Waals surface area contributed by atoms with Crippen molar-refractivity contribution in [2.45, 2.75) is 13.0 Å². The third kappa shape index (κ3) is 4.55. The van der Waals surface area contributed by atoms with Gasteiger partial charge in [0.2, 0.25) is 5.91 Å². The number of carboxylic acids is 1. The molecule has 0 saturated heterocycles. The predicted molar refractivity (Wildman–Crippen MR) is 73.7 cm³/mol. The molecule has 1 aromatic carbocycles. The van der Waals surface area contributed by atoms with E-state index in [9.17, 15) is 14.4 Å². The minimum absolute atomic E-state index is 0.370. The third-order valence-corrected chi connectivity index (χ3v) is 2.83. The largest absolute Gasteiger partial charge is 0.480 e. The fraction of sp³-hybridized carbons (Fsp3) is 0.308. The van der Waals surface area contributed by atoms with Crippen LogP contribution in [0.2, 0.25) is 5.02 Å². The average molecular weight is 299 g/mol. The Labute approximate surface area is 121 Å². The van der Waals surface area contributed by atoms with Crippen LogP contribution in [0.5, 0.6) is 0 Å². The van der Waals surface area contributed by atoms with E-state index in [1.165, 1.54) is 26.1 Å². The Morgan fingerprint density at radius 3 is 2.35 bits per heavy atom. The summed E-state index contributed by atoms with van der Waals surface area (Å²) in [6.07, 6.45) is 0. The SMILES string of the molecule is CC(NC(=O)c1ccc(Cl)cc1)C(=O)N(C)CC(=O)O. The van der Waals surface area contributed by atoms with Crippen molar-refractivity contribution in [2.75, 3.05) is 13.6 Å². The van der Waals surface area contributed by atoms with Crippen LogP contribution in [0.1, 0.15) is 17.3 Å². The summed E-state index contributed by atoms with van der Waals surface area (Å²) in [5.74, 6) is -2.02. The van der Waals surface area contributed by atoms with Crippen LogP contribution in [-0.2, 0) is 9.59 Å². The van der Waals surface area contributed by atoms with Crippen molar-refractivity contribution >= 4 is 29.4 Å². The molecule has 0 bridgehead atoms. The first-order valence-corrected chi connectivity index (χ1v) is 6.22. The Kier molecular flexibility index (Phi) is 5.52.